The molecule has 0 saturated carbocycles. The molecule has 0 aliphatic rings. The number of amides is 1. The molecule has 2 heterocycles. The van der Waals surface area contributed by atoms with Crippen molar-refractivity contribution in [1.82, 2.24) is 19.7 Å². The lowest BCUT2D eigenvalue weighted by Gasteiger charge is -2.15. The third kappa shape index (κ3) is 3.38. The molecule has 1 atom stereocenters. The largest absolute Gasteiger partial charge is 0.323 e. The molecule has 0 aromatic carbocycles. The van der Waals surface area contributed by atoms with Crippen molar-refractivity contribution in [2.75, 3.05) is 12.4 Å². The van der Waals surface area contributed by atoms with Crippen molar-refractivity contribution < 1.29 is 4.79 Å². The number of nitrogens with one attached hydrogen (secondary N) is 2. The lowest BCUT2D eigenvalue weighted by atomic mass is 10.1. The molecule has 0 fully saturated rings. The summed E-state index contributed by atoms with van der Waals surface area (Å²) in [6.45, 7) is 2.43. The summed E-state index contributed by atoms with van der Waals surface area (Å²) in [4.78, 5) is 23.9. The van der Waals surface area contributed by atoms with Gasteiger partial charge in [0.1, 0.15) is 6.04 Å². The SMILES string of the molecule is CCn1cc(NC(=O)C(NC)c2cnn(C)c2)ccc1=O. The lowest BCUT2D eigenvalue weighted by Crippen LogP contribution is -2.31. The van der Waals surface area contributed by atoms with Crippen molar-refractivity contribution in [3.63, 3.8) is 0 Å². The maximum Gasteiger partial charge on any atom is 0.250 e. The molecular weight excluding hydrogens is 270 g/mol. The number of hydrogen-bond donors (Lipinski definition) is 2. The van der Waals surface area contributed by atoms with E-state index in [1.807, 2.05) is 6.92 Å². The molecular formula is C14H19N5O2. The van der Waals surface area contributed by atoms with Crippen LogP contribution in [0.2, 0.25) is 0 Å². The van der Waals surface area contributed by atoms with Crippen LogP contribution >= 0.6 is 0 Å². The highest BCUT2D eigenvalue weighted by atomic mass is 16.2. The van der Waals surface area contributed by atoms with Gasteiger partial charge in [-0.15, -0.1) is 0 Å². The number of rotatable bonds is 5. The van der Waals surface area contributed by atoms with Gasteiger partial charge in [-0.2, -0.15) is 5.10 Å². The highest BCUT2D eigenvalue weighted by Gasteiger charge is 2.20. The van der Waals surface area contributed by atoms with E-state index >= 15 is 0 Å². The summed E-state index contributed by atoms with van der Waals surface area (Å²) in [6, 6.07) is 2.54. The topological polar surface area (TPSA) is 81.0 Å². The van der Waals surface area contributed by atoms with Crippen LogP contribution in [-0.4, -0.2) is 27.3 Å². The number of pyridine rings is 1. The third-order valence-electron chi connectivity index (χ3n) is 3.20. The van der Waals surface area contributed by atoms with Gasteiger partial charge in [0, 0.05) is 37.6 Å². The molecule has 7 heteroatoms. The van der Waals surface area contributed by atoms with E-state index in [2.05, 4.69) is 15.7 Å². The van der Waals surface area contributed by atoms with Crippen LogP contribution in [0.3, 0.4) is 0 Å². The molecule has 2 aromatic rings. The summed E-state index contributed by atoms with van der Waals surface area (Å²) < 4.78 is 3.18. The molecule has 7 nitrogen and oxygen atoms in total. The van der Waals surface area contributed by atoms with Gasteiger partial charge in [-0.25, -0.2) is 0 Å². The maximum atomic E-state index is 12.3. The number of aromatic nitrogens is 3. The van der Waals surface area contributed by atoms with Gasteiger partial charge in [0.15, 0.2) is 0 Å². The Labute approximate surface area is 122 Å². The zero-order valence-corrected chi connectivity index (χ0v) is 12.3. The lowest BCUT2D eigenvalue weighted by molar-refractivity contribution is -0.118. The Kier molecular flexibility index (Phi) is 4.54. The molecule has 0 radical (unpaired) electrons. The van der Waals surface area contributed by atoms with E-state index in [1.165, 1.54) is 10.6 Å². The summed E-state index contributed by atoms with van der Waals surface area (Å²) in [5.74, 6) is -0.202. The van der Waals surface area contributed by atoms with Crippen LogP contribution in [0.15, 0.2) is 35.5 Å². The molecule has 0 aliphatic heterocycles. The number of carbonyl (C=O) groups excluding carboxylic acids is 1. The monoisotopic (exact) mass is 289 g/mol. The van der Waals surface area contributed by atoms with Crippen LogP contribution < -0.4 is 16.2 Å². The molecule has 0 bridgehead atoms. The first-order chi connectivity index (χ1) is 10.0. The summed E-state index contributed by atoms with van der Waals surface area (Å²) in [5.41, 5.74) is 1.28. The Morgan fingerprint density at radius 3 is 2.71 bits per heavy atom. The van der Waals surface area contributed by atoms with Gasteiger partial charge >= 0.3 is 0 Å². The number of aryl methyl sites for hydroxylation is 2. The summed E-state index contributed by atoms with van der Waals surface area (Å²) in [7, 11) is 3.51. The molecule has 2 N–H and O–H groups in total. The Morgan fingerprint density at radius 2 is 2.14 bits per heavy atom. The molecule has 21 heavy (non-hydrogen) atoms. The highest BCUT2D eigenvalue weighted by Crippen LogP contribution is 2.14. The predicted molar refractivity (Wildman–Crippen MR) is 80.0 cm³/mol. The summed E-state index contributed by atoms with van der Waals surface area (Å²) in [5, 5.41) is 9.83. The minimum atomic E-state index is -0.499. The van der Waals surface area contributed by atoms with Crippen molar-refractivity contribution in [3.8, 4) is 0 Å². The Hall–Kier alpha value is -2.41. The molecule has 112 valence electrons. The molecule has 1 unspecified atom stereocenters. The Bertz CT molecular complexity index is 689. The second-order valence-corrected chi connectivity index (χ2v) is 4.70. The van der Waals surface area contributed by atoms with Crippen LogP contribution in [0, 0.1) is 0 Å². The number of nitrogens with zero attached hydrogens (tertiary/aromatic N) is 3. The second-order valence-electron chi connectivity index (χ2n) is 4.70. The number of anilines is 1. The van der Waals surface area contributed by atoms with Crippen molar-refractivity contribution in [3.05, 3.63) is 46.6 Å². The van der Waals surface area contributed by atoms with E-state index in [1.54, 1.807) is 43.4 Å². The van der Waals surface area contributed by atoms with E-state index in [0.717, 1.165) is 5.56 Å². The smallest absolute Gasteiger partial charge is 0.250 e. The third-order valence-corrected chi connectivity index (χ3v) is 3.20. The average Bonchev–Trinajstić information content (AvgIpc) is 2.88. The second kappa shape index (κ2) is 6.36. The van der Waals surface area contributed by atoms with Crippen molar-refractivity contribution in [2.24, 2.45) is 7.05 Å². The molecule has 1 amide bonds. The van der Waals surface area contributed by atoms with Crippen LogP contribution in [-0.2, 0) is 18.4 Å². The fraction of sp³-hybridized carbons (Fsp3) is 0.357. The van der Waals surface area contributed by atoms with Gasteiger partial charge in [-0.3, -0.25) is 14.3 Å². The number of likely N-dealkylation sites (N-methyl/N-ethyl adjacent to an activating group) is 1. The van der Waals surface area contributed by atoms with E-state index in [0.29, 0.717) is 12.2 Å². The minimum Gasteiger partial charge on any atom is -0.323 e. The predicted octanol–water partition coefficient (Wildman–Crippen LogP) is 0.501. The maximum absolute atomic E-state index is 12.3. The van der Waals surface area contributed by atoms with Gasteiger partial charge < -0.3 is 15.2 Å². The van der Waals surface area contributed by atoms with Gasteiger partial charge in [0.05, 0.1) is 11.9 Å². The Morgan fingerprint density at radius 1 is 1.38 bits per heavy atom. The molecule has 0 spiro atoms. The standard InChI is InChI=1S/C14H19N5O2/c1-4-19-9-11(5-6-12(19)20)17-14(21)13(15-2)10-7-16-18(3)8-10/h5-9,13,15H,4H2,1-3H3,(H,17,21). The van der Waals surface area contributed by atoms with Crippen molar-refractivity contribution in [2.45, 2.75) is 19.5 Å². The Balaban J connectivity index is 2.18. The van der Waals surface area contributed by atoms with E-state index in [9.17, 15) is 9.59 Å². The first-order valence-corrected chi connectivity index (χ1v) is 6.72. The average molecular weight is 289 g/mol. The number of carbonyl (C=O) groups is 1. The highest BCUT2D eigenvalue weighted by molar-refractivity contribution is 5.95. The van der Waals surface area contributed by atoms with Crippen LogP contribution in [0.1, 0.15) is 18.5 Å². The first-order valence-electron chi connectivity index (χ1n) is 6.72. The van der Waals surface area contributed by atoms with E-state index < -0.39 is 6.04 Å². The summed E-state index contributed by atoms with van der Waals surface area (Å²) >= 11 is 0. The molecule has 2 rings (SSSR count). The van der Waals surface area contributed by atoms with E-state index in [4.69, 9.17) is 0 Å². The minimum absolute atomic E-state index is 0.0899. The van der Waals surface area contributed by atoms with Gasteiger partial charge in [0.2, 0.25) is 5.91 Å². The van der Waals surface area contributed by atoms with Crippen LogP contribution in [0.5, 0.6) is 0 Å². The first kappa shape index (κ1) is 15.0. The normalized spacial score (nSPS) is 12.1. The van der Waals surface area contributed by atoms with Gasteiger partial charge in [0.25, 0.3) is 5.56 Å². The van der Waals surface area contributed by atoms with Crippen molar-refractivity contribution in [1.29, 1.82) is 0 Å². The van der Waals surface area contributed by atoms with Gasteiger partial charge in [-0.1, -0.05) is 0 Å². The zero-order chi connectivity index (χ0) is 15.4. The zero-order valence-electron chi connectivity index (χ0n) is 12.3. The number of hydrogen-bond acceptors (Lipinski definition) is 4. The molecule has 0 saturated heterocycles. The summed E-state index contributed by atoms with van der Waals surface area (Å²) in [6.07, 6.45) is 5.07. The van der Waals surface area contributed by atoms with Crippen LogP contribution in [0.25, 0.3) is 0 Å². The fourth-order valence-electron chi connectivity index (χ4n) is 2.11. The fourth-order valence-corrected chi connectivity index (χ4v) is 2.11. The van der Waals surface area contributed by atoms with Crippen molar-refractivity contribution >= 4 is 11.6 Å². The quantitative estimate of drug-likeness (QED) is 0.840. The molecule has 0 aliphatic carbocycles. The van der Waals surface area contributed by atoms with Gasteiger partial charge in [-0.05, 0) is 20.0 Å². The molecule has 2 aromatic heterocycles. The van der Waals surface area contributed by atoms with Crippen LogP contribution in [0.4, 0.5) is 5.69 Å². The van der Waals surface area contributed by atoms with E-state index in [-0.39, 0.29) is 11.5 Å².